The Morgan fingerprint density at radius 2 is 0.933 bits per heavy atom. The number of amides is 2. The fourth-order valence-electron chi connectivity index (χ4n) is 3.13. The van der Waals surface area contributed by atoms with Crippen LogP contribution in [0.3, 0.4) is 0 Å². The summed E-state index contributed by atoms with van der Waals surface area (Å²) in [5, 5.41) is 4.34. The number of carbonyl (C=O) groups is 2. The van der Waals surface area contributed by atoms with Gasteiger partial charge in [0.1, 0.15) is 0 Å². The zero-order valence-electron chi connectivity index (χ0n) is 24.5. The molecule has 2 amide bonds. The normalized spacial score (nSPS) is 11.8. The second kappa shape index (κ2) is 22.9. The Labute approximate surface area is 272 Å². The molecule has 2 aromatic carbocycles. The smallest absolute Gasteiger partial charge is 0.354 e. The third-order valence-electron chi connectivity index (χ3n) is 5.32. The third-order valence-corrected chi connectivity index (χ3v) is 5.32. The number of hydrogen-bond donors (Lipinski definition) is 2. The molecular weight excluding hydrogens is 644 g/mol. The van der Waals surface area contributed by atoms with Gasteiger partial charge in [-0.25, -0.2) is 41.9 Å². The minimum Gasteiger partial charge on any atom is -0.354 e. The first-order chi connectivity index (χ1) is 20.9. The van der Waals surface area contributed by atoms with Crippen LogP contribution in [0, 0.1) is 70.8 Å². The quantitative estimate of drug-likeness (QED) is 0.132. The molecule has 0 saturated heterocycles. The van der Waals surface area contributed by atoms with Gasteiger partial charge in [-0.05, 0) is 12.8 Å². The van der Waals surface area contributed by atoms with E-state index in [1.54, 1.807) is 13.8 Å². The van der Waals surface area contributed by atoms with Gasteiger partial charge in [0.15, 0.2) is 0 Å². The molecule has 0 heterocycles. The van der Waals surface area contributed by atoms with Crippen LogP contribution < -0.4 is 10.6 Å². The number of benzene rings is 2. The Hall–Kier alpha value is -3.51. The first-order valence-electron chi connectivity index (χ1n) is 13.4. The molecule has 0 bridgehead atoms. The molecule has 0 radical (unpaired) electrons. The average Bonchev–Trinajstić information content (AvgIpc) is 3.76. The predicted octanol–water partition coefficient (Wildman–Crippen LogP) is 7.53. The van der Waals surface area contributed by atoms with E-state index in [4.69, 9.17) is 0 Å². The van der Waals surface area contributed by atoms with Crippen LogP contribution in [0.15, 0.2) is 36.5 Å². The van der Waals surface area contributed by atoms with Crippen molar-refractivity contribution >= 4 is 11.8 Å². The molecule has 45 heavy (non-hydrogen) atoms. The summed E-state index contributed by atoms with van der Waals surface area (Å²) in [5.74, 6) is -13.5. The first-order valence-corrected chi connectivity index (χ1v) is 13.4. The van der Waals surface area contributed by atoms with Gasteiger partial charge in [-0.3, -0.25) is 39.3 Å². The molecule has 240 valence electrons. The van der Waals surface area contributed by atoms with E-state index in [1.165, 1.54) is 12.1 Å². The average molecular weight is 674 g/mol. The van der Waals surface area contributed by atoms with E-state index in [2.05, 4.69) is 34.9 Å². The van der Waals surface area contributed by atoms with Crippen LogP contribution in [0.1, 0.15) is 63.5 Å². The van der Waals surface area contributed by atoms with E-state index in [9.17, 15) is 44.7 Å². The Morgan fingerprint density at radius 1 is 0.622 bits per heavy atom. The summed E-state index contributed by atoms with van der Waals surface area (Å²) < 4.78 is 103. The molecule has 0 saturated carbocycles. The van der Waals surface area contributed by atoms with E-state index in [0.717, 1.165) is 12.8 Å². The van der Waals surface area contributed by atoms with Crippen molar-refractivity contribution < 1.29 is 66.4 Å². The molecule has 2 aliphatic carbocycles. The van der Waals surface area contributed by atoms with Gasteiger partial charge in [-0.2, -0.15) is 12.2 Å². The number of allylic oxidation sites excluding steroid dienone is 8. The molecule has 0 spiro atoms. The predicted molar refractivity (Wildman–Crippen MR) is 147 cm³/mol. The van der Waals surface area contributed by atoms with Crippen molar-refractivity contribution in [2.24, 2.45) is 0 Å². The summed E-state index contributed by atoms with van der Waals surface area (Å²) in [4.78, 5) is 22.1. The topological polar surface area (TPSA) is 58.2 Å². The Kier molecular flexibility index (Phi) is 21.1. The molecule has 0 atom stereocenters. The van der Waals surface area contributed by atoms with E-state index >= 15 is 0 Å². The maximum Gasteiger partial charge on any atom is 4.00 e. The van der Waals surface area contributed by atoms with Gasteiger partial charge in [0.25, 0.3) is 0 Å². The summed E-state index contributed by atoms with van der Waals surface area (Å²) in [5.41, 5.74) is -1.69. The van der Waals surface area contributed by atoms with Crippen molar-refractivity contribution in [2.45, 2.75) is 65.5 Å². The van der Waals surface area contributed by atoms with Crippen molar-refractivity contribution in [1.29, 1.82) is 0 Å². The van der Waals surface area contributed by atoms with Gasteiger partial charge < -0.3 is 10.6 Å². The molecule has 0 aromatic heterocycles. The van der Waals surface area contributed by atoms with Crippen LogP contribution in [-0.2, 0) is 44.4 Å². The molecule has 0 aliphatic heterocycles. The third kappa shape index (κ3) is 15.4. The van der Waals surface area contributed by atoms with Gasteiger partial charge in [0.2, 0.25) is 11.8 Å². The van der Waals surface area contributed by atoms with Crippen LogP contribution >= 0.6 is 0 Å². The summed E-state index contributed by atoms with van der Waals surface area (Å²) in [6, 6.07) is 2.53. The van der Waals surface area contributed by atoms with Gasteiger partial charge in [0, 0.05) is 49.2 Å². The van der Waals surface area contributed by atoms with E-state index in [1.807, 2.05) is 24.3 Å². The molecule has 2 N–H and O–H groups in total. The molecule has 0 unspecified atom stereocenters. The standard InChI is InChI=1S/2C11H10F4NO.2C5H5.Ti/c2*1-2-3-9(17)16-5-6-10(14)7(12)4-8(13)11(6)15;2*1-2-4-5-3-1;/h2*2-3,5H2,1H3,(H,16,17);2*1-3H,4H2;/q4*-1;+4. The molecule has 2 aromatic rings. The first kappa shape index (κ1) is 41.5. The van der Waals surface area contributed by atoms with Gasteiger partial charge in [0.05, 0.1) is 23.3 Å². The summed E-state index contributed by atoms with van der Waals surface area (Å²) in [6.45, 7) is 2.30. The second-order valence-electron chi connectivity index (χ2n) is 8.78. The van der Waals surface area contributed by atoms with Crippen molar-refractivity contribution in [1.82, 2.24) is 10.6 Å². The molecule has 2 aliphatic rings. The number of hydrogen-bond acceptors (Lipinski definition) is 2. The van der Waals surface area contributed by atoms with E-state index < -0.39 is 82.6 Å². The monoisotopic (exact) mass is 674 g/mol. The maximum absolute atomic E-state index is 13.1. The van der Waals surface area contributed by atoms with Crippen molar-refractivity contribution in [3.05, 3.63) is 118 Å². The van der Waals surface area contributed by atoms with E-state index in [-0.39, 0.29) is 34.6 Å². The molecule has 13 heteroatoms. The molecular formula is C32H30F8N2O2Ti. The fraction of sp³-hybridized carbons (Fsp3) is 0.312. The fourth-order valence-corrected chi connectivity index (χ4v) is 3.13. The van der Waals surface area contributed by atoms with Crippen LogP contribution in [0.4, 0.5) is 35.1 Å². The molecule has 0 fully saturated rings. The Balaban J connectivity index is 0.000000644. The summed E-state index contributed by atoms with van der Waals surface area (Å²) >= 11 is 0. The zero-order valence-corrected chi connectivity index (χ0v) is 26.0. The Morgan fingerprint density at radius 3 is 1.13 bits per heavy atom. The SMILES string of the molecule is CCCC(=O)NCc1c(F)c(F)[c-]c(F)c1F.CCCC(=O)NCc1c(F)c(F)[c-]c(F)c1F.[C-]1=CC=CC1.[C-]1=CC=CC1.[Ti+4]. The van der Waals surface area contributed by atoms with Crippen LogP contribution in [0.2, 0.25) is 0 Å². The largest absolute Gasteiger partial charge is 4.00 e. The minimum absolute atomic E-state index is 0. The maximum atomic E-state index is 13.1. The van der Waals surface area contributed by atoms with Crippen molar-refractivity contribution in [3.8, 4) is 0 Å². The van der Waals surface area contributed by atoms with Crippen LogP contribution in [0.5, 0.6) is 0 Å². The number of halogens is 8. The summed E-state index contributed by atoms with van der Waals surface area (Å²) in [7, 11) is 0. The number of rotatable bonds is 8. The van der Waals surface area contributed by atoms with Gasteiger partial charge in [-0.1, -0.05) is 25.0 Å². The molecule has 4 rings (SSSR count). The second-order valence-corrected chi connectivity index (χ2v) is 8.78. The molecule has 4 nitrogen and oxygen atoms in total. The summed E-state index contributed by atoms with van der Waals surface area (Å²) in [6.07, 6.45) is 21.5. The van der Waals surface area contributed by atoms with Crippen molar-refractivity contribution in [2.75, 3.05) is 0 Å². The number of carbonyl (C=O) groups excluding carboxylic acids is 2. The van der Waals surface area contributed by atoms with Crippen LogP contribution in [0.25, 0.3) is 0 Å². The Bertz CT molecular complexity index is 1200. The number of nitrogens with one attached hydrogen (secondary N) is 2. The van der Waals surface area contributed by atoms with Gasteiger partial charge >= 0.3 is 21.7 Å². The van der Waals surface area contributed by atoms with Gasteiger partial charge in [-0.15, -0.1) is 25.0 Å². The van der Waals surface area contributed by atoms with Crippen LogP contribution in [-0.4, -0.2) is 11.8 Å². The van der Waals surface area contributed by atoms with E-state index in [0.29, 0.717) is 12.8 Å². The minimum atomic E-state index is -1.61. The van der Waals surface area contributed by atoms with Crippen molar-refractivity contribution in [3.63, 3.8) is 0 Å². The zero-order chi connectivity index (χ0) is 33.1.